The van der Waals surface area contributed by atoms with Crippen molar-refractivity contribution in [2.24, 2.45) is 0 Å². The molecule has 1 unspecified atom stereocenters. The molecule has 1 atom stereocenters. The van der Waals surface area contributed by atoms with E-state index in [9.17, 15) is 4.79 Å². The Kier molecular flexibility index (Phi) is 4.07. The Hall–Kier alpha value is -2.43. The minimum Gasteiger partial charge on any atom is -0.350 e. The normalized spacial score (nSPS) is 11.7. The summed E-state index contributed by atoms with van der Waals surface area (Å²) in [5, 5.41) is 5.80. The predicted octanol–water partition coefficient (Wildman–Crippen LogP) is 1.84. The van der Waals surface area contributed by atoms with Crippen LogP contribution in [0.2, 0.25) is 0 Å². The van der Waals surface area contributed by atoms with Crippen molar-refractivity contribution in [1.82, 2.24) is 15.3 Å². The number of hydrogen-bond acceptors (Lipinski definition) is 4. The van der Waals surface area contributed by atoms with Gasteiger partial charge in [0, 0.05) is 18.6 Å². The number of nitrogens with one attached hydrogen (secondary N) is 2. The summed E-state index contributed by atoms with van der Waals surface area (Å²) in [7, 11) is 0. The molecule has 1 heterocycles. The second-order valence-electron chi connectivity index (χ2n) is 4.14. The highest BCUT2D eigenvalue weighted by atomic mass is 16.1. The fraction of sp³-hybridized carbons (Fsp3) is 0.214. The fourth-order valence-corrected chi connectivity index (χ4v) is 1.68. The van der Waals surface area contributed by atoms with Crippen LogP contribution in [-0.2, 0) is 4.79 Å². The van der Waals surface area contributed by atoms with Crippen molar-refractivity contribution in [2.75, 3.05) is 5.32 Å². The molecule has 2 aromatic rings. The number of rotatable bonds is 4. The SMILES string of the molecule is CC(=O)NC(C)Nc1c[c]nc(-c2ccccc2)n1. The fourth-order valence-electron chi connectivity index (χ4n) is 1.68. The van der Waals surface area contributed by atoms with E-state index in [2.05, 4.69) is 26.8 Å². The van der Waals surface area contributed by atoms with Gasteiger partial charge in [0.25, 0.3) is 0 Å². The van der Waals surface area contributed by atoms with Gasteiger partial charge >= 0.3 is 0 Å². The molecule has 1 amide bonds. The third kappa shape index (κ3) is 3.77. The van der Waals surface area contributed by atoms with Crippen molar-refractivity contribution in [3.05, 3.63) is 42.6 Å². The molecule has 5 nitrogen and oxygen atoms in total. The van der Waals surface area contributed by atoms with Gasteiger partial charge in [-0.05, 0) is 6.92 Å². The standard InChI is InChI=1S/C14H15N4O/c1-10(16-11(2)19)17-13-8-9-15-14(18-13)12-6-4-3-5-7-12/h3-8,10H,1-2H3,(H,16,19)(H,15,17,18). The van der Waals surface area contributed by atoms with E-state index in [1.807, 2.05) is 37.3 Å². The van der Waals surface area contributed by atoms with Crippen LogP contribution in [0.5, 0.6) is 0 Å². The van der Waals surface area contributed by atoms with Gasteiger partial charge in [-0.2, -0.15) is 0 Å². The Bertz CT molecular complexity index is 556. The second kappa shape index (κ2) is 5.95. The molecular weight excluding hydrogens is 240 g/mol. The van der Waals surface area contributed by atoms with Gasteiger partial charge in [-0.15, -0.1) is 0 Å². The summed E-state index contributed by atoms with van der Waals surface area (Å²) in [6.07, 6.45) is 2.59. The van der Waals surface area contributed by atoms with E-state index in [0.29, 0.717) is 11.6 Å². The quantitative estimate of drug-likeness (QED) is 0.818. The van der Waals surface area contributed by atoms with Crippen LogP contribution < -0.4 is 10.6 Å². The molecule has 0 bridgehead atoms. The van der Waals surface area contributed by atoms with Crippen LogP contribution in [0.1, 0.15) is 13.8 Å². The van der Waals surface area contributed by atoms with Crippen molar-refractivity contribution in [3.8, 4) is 11.4 Å². The van der Waals surface area contributed by atoms with E-state index in [1.165, 1.54) is 6.92 Å². The van der Waals surface area contributed by atoms with Crippen molar-refractivity contribution in [3.63, 3.8) is 0 Å². The van der Waals surface area contributed by atoms with E-state index >= 15 is 0 Å². The van der Waals surface area contributed by atoms with Crippen LogP contribution in [0.3, 0.4) is 0 Å². The topological polar surface area (TPSA) is 66.9 Å². The Morgan fingerprint density at radius 2 is 2.05 bits per heavy atom. The summed E-state index contributed by atoms with van der Waals surface area (Å²) >= 11 is 0. The van der Waals surface area contributed by atoms with E-state index in [1.54, 1.807) is 6.07 Å². The average molecular weight is 255 g/mol. The lowest BCUT2D eigenvalue weighted by Crippen LogP contribution is -2.36. The zero-order valence-corrected chi connectivity index (χ0v) is 10.8. The Balaban J connectivity index is 2.14. The Morgan fingerprint density at radius 1 is 1.32 bits per heavy atom. The first-order valence-corrected chi connectivity index (χ1v) is 5.99. The summed E-state index contributed by atoms with van der Waals surface area (Å²) in [4.78, 5) is 19.4. The lowest BCUT2D eigenvalue weighted by molar-refractivity contribution is -0.119. The average Bonchev–Trinajstić information content (AvgIpc) is 2.39. The molecule has 1 radical (unpaired) electrons. The number of anilines is 1. The highest BCUT2D eigenvalue weighted by Crippen LogP contribution is 2.15. The van der Waals surface area contributed by atoms with Crippen LogP contribution in [-0.4, -0.2) is 22.0 Å². The van der Waals surface area contributed by atoms with Gasteiger partial charge in [0.2, 0.25) is 5.91 Å². The molecule has 1 aromatic heterocycles. The van der Waals surface area contributed by atoms with Crippen LogP contribution in [0, 0.1) is 6.20 Å². The number of carbonyl (C=O) groups excluding carboxylic acids is 1. The van der Waals surface area contributed by atoms with E-state index in [4.69, 9.17) is 0 Å². The first-order chi connectivity index (χ1) is 9.15. The number of amides is 1. The van der Waals surface area contributed by atoms with Crippen molar-refractivity contribution in [2.45, 2.75) is 20.0 Å². The first kappa shape index (κ1) is 13.0. The molecule has 0 saturated heterocycles. The van der Waals surface area contributed by atoms with Crippen molar-refractivity contribution >= 4 is 11.7 Å². The molecule has 0 aliphatic carbocycles. The lowest BCUT2D eigenvalue weighted by atomic mass is 10.2. The van der Waals surface area contributed by atoms with Gasteiger partial charge in [-0.1, -0.05) is 30.3 Å². The zero-order valence-electron chi connectivity index (χ0n) is 10.8. The molecule has 0 saturated carbocycles. The van der Waals surface area contributed by atoms with Crippen LogP contribution in [0.4, 0.5) is 5.82 Å². The number of benzene rings is 1. The highest BCUT2D eigenvalue weighted by molar-refractivity contribution is 5.73. The summed E-state index contributed by atoms with van der Waals surface area (Å²) in [6.45, 7) is 3.31. The minimum atomic E-state index is -0.204. The molecule has 97 valence electrons. The van der Waals surface area contributed by atoms with Crippen LogP contribution in [0.25, 0.3) is 11.4 Å². The van der Waals surface area contributed by atoms with E-state index in [0.717, 1.165) is 5.56 Å². The summed E-state index contributed by atoms with van der Waals surface area (Å²) in [5.74, 6) is 1.12. The van der Waals surface area contributed by atoms with Crippen LogP contribution in [0.15, 0.2) is 36.4 Å². The van der Waals surface area contributed by atoms with Gasteiger partial charge in [0.05, 0.1) is 12.4 Å². The molecule has 0 fully saturated rings. The molecule has 2 rings (SSSR count). The Labute approximate surface area is 112 Å². The predicted molar refractivity (Wildman–Crippen MR) is 73.2 cm³/mol. The molecule has 1 aromatic carbocycles. The molecule has 0 aliphatic heterocycles. The maximum absolute atomic E-state index is 10.9. The number of hydrogen-bond donors (Lipinski definition) is 2. The molecule has 19 heavy (non-hydrogen) atoms. The van der Waals surface area contributed by atoms with Gasteiger partial charge in [-0.25, -0.2) is 9.97 Å². The van der Waals surface area contributed by atoms with Crippen LogP contribution >= 0.6 is 0 Å². The molecule has 0 aliphatic rings. The first-order valence-electron chi connectivity index (χ1n) is 5.99. The third-order valence-corrected chi connectivity index (χ3v) is 2.41. The Morgan fingerprint density at radius 3 is 2.74 bits per heavy atom. The lowest BCUT2D eigenvalue weighted by Gasteiger charge is -2.15. The molecule has 0 spiro atoms. The maximum atomic E-state index is 10.9. The molecular formula is C14H15N4O. The number of carbonyl (C=O) groups is 1. The molecule has 2 N–H and O–H groups in total. The van der Waals surface area contributed by atoms with Gasteiger partial charge in [-0.3, -0.25) is 4.79 Å². The monoisotopic (exact) mass is 255 g/mol. The zero-order chi connectivity index (χ0) is 13.7. The smallest absolute Gasteiger partial charge is 0.218 e. The largest absolute Gasteiger partial charge is 0.350 e. The van der Waals surface area contributed by atoms with Crippen molar-refractivity contribution in [1.29, 1.82) is 0 Å². The van der Waals surface area contributed by atoms with Crippen molar-refractivity contribution < 1.29 is 4.79 Å². The van der Waals surface area contributed by atoms with E-state index < -0.39 is 0 Å². The van der Waals surface area contributed by atoms with Gasteiger partial charge in [0.15, 0.2) is 5.82 Å². The third-order valence-electron chi connectivity index (χ3n) is 2.41. The van der Waals surface area contributed by atoms with Gasteiger partial charge in [0.1, 0.15) is 5.82 Å². The highest BCUT2D eigenvalue weighted by Gasteiger charge is 2.06. The summed E-state index contributed by atoms with van der Waals surface area (Å²) < 4.78 is 0. The molecule has 5 heteroatoms. The second-order valence-corrected chi connectivity index (χ2v) is 4.14. The summed E-state index contributed by atoms with van der Waals surface area (Å²) in [6, 6.07) is 11.3. The summed E-state index contributed by atoms with van der Waals surface area (Å²) in [5.41, 5.74) is 0.926. The maximum Gasteiger partial charge on any atom is 0.218 e. The number of nitrogens with zero attached hydrogens (tertiary/aromatic N) is 2. The minimum absolute atomic E-state index is 0.0960. The van der Waals surface area contributed by atoms with E-state index in [-0.39, 0.29) is 12.1 Å². The number of aromatic nitrogens is 2. The van der Waals surface area contributed by atoms with Gasteiger partial charge < -0.3 is 10.6 Å².